The molecule has 0 spiro atoms. The van der Waals surface area contributed by atoms with Crippen LogP contribution in [0.15, 0.2) is 0 Å². The van der Waals surface area contributed by atoms with Crippen LogP contribution in [0.4, 0.5) is 0 Å². The number of hydrogen-bond donors (Lipinski definition) is 1. The molecule has 0 aromatic heterocycles. The number of nitrogens with zero attached hydrogens (tertiary/aromatic N) is 1. The first-order valence-corrected chi connectivity index (χ1v) is 5.21. The molecule has 0 bridgehead atoms. The third-order valence-electron chi connectivity index (χ3n) is 2.96. The summed E-state index contributed by atoms with van der Waals surface area (Å²) in [6.45, 7) is 5.92. The van der Waals surface area contributed by atoms with Crippen molar-refractivity contribution in [1.82, 2.24) is 4.90 Å². The highest BCUT2D eigenvalue weighted by atomic mass is 35.5. The smallest absolute Gasteiger partial charge is 0.239 e. The summed E-state index contributed by atoms with van der Waals surface area (Å²) < 4.78 is 0. The maximum Gasteiger partial charge on any atom is 0.239 e. The van der Waals surface area contributed by atoms with Crippen LogP contribution in [0.2, 0.25) is 0 Å². The van der Waals surface area contributed by atoms with Gasteiger partial charge in [-0.15, -0.1) is 12.4 Å². The molecule has 1 amide bonds. The molecule has 0 aromatic carbocycles. The molecule has 2 unspecified atom stereocenters. The highest BCUT2D eigenvalue weighted by Crippen LogP contribution is 2.13. The molecule has 1 fully saturated rings. The molecule has 1 aliphatic rings. The number of hydrogen-bond acceptors (Lipinski definition) is 2. The first-order valence-electron chi connectivity index (χ1n) is 5.21. The van der Waals surface area contributed by atoms with Crippen molar-refractivity contribution in [3.63, 3.8) is 0 Å². The van der Waals surface area contributed by atoms with Crippen molar-refractivity contribution in [3.8, 4) is 0 Å². The molecule has 3 nitrogen and oxygen atoms in total. The number of nitrogens with two attached hydrogens (primary N) is 1. The van der Waals surface area contributed by atoms with E-state index in [-0.39, 0.29) is 24.4 Å². The van der Waals surface area contributed by atoms with Crippen LogP contribution >= 0.6 is 12.4 Å². The molecule has 14 heavy (non-hydrogen) atoms. The maximum absolute atomic E-state index is 11.7. The van der Waals surface area contributed by atoms with E-state index in [0.717, 1.165) is 32.4 Å². The van der Waals surface area contributed by atoms with Gasteiger partial charge in [-0.05, 0) is 18.8 Å². The molecule has 1 saturated heterocycles. The van der Waals surface area contributed by atoms with Crippen molar-refractivity contribution >= 4 is 18.3 Å². The van der Waals surface area contributed by atoms with Crippen LogP contribution in [0.5, 0.6) is 0 Å². The van der Waals surface area contributed by atoms with E-state index < -0.39 is 0 Å². The van der Waals surface area contributed by atoms with Gasteiger partial charge in [-0.2, -0.15) is 0 Å². The lowest BCUT2D eigenvalue weighted by Crippen LogP contribution is -2.45. The van der Waals surface area contributed by atoms with Gasteiger partial charge in [0.2, 0.25) is 5.91 Å². The number of likely N-dealkylation sites (tertiary alicyclic amines) is 1. The Morgan fingerprint density at radius 3 is 2.36 bits per heavy atom. The van der Waals surface area contributed by atoms with E-state index in [9.17, 15) is 4.79 Å². The largest absolute Gasteiger partial charge is 0.341 e. The van der Waals surface area contributed by atoms with Gasteiger partial charge in [0.25, 0.3) is 0 Å². The third-order valence-corrected chi connectivity index (χ3v) is 2.96. The van der Waals surface area contributed by atoms with Crippen LogP contribution in [-0.4, -0.2) is 29.9 Å². The normalized spacial score (nSPS) is 20.1. The summed E-state index contributed by atoms with van der Waals surface area (Å²) in [6, 6.07) is -0.289. The Hall–Kier alpha value is -0.280. The molecule has 4 heteroatoms. The average Bonchev–Trinajstić information content (AvgIpc) is 2.67. The lowest BCUT2D eigenvalue weighted by molar-refractivity contribution is -0.132. The second-order valence-electron chi connectivity index (χ2n) is 3.94. The third kappa shape index (κ3) is 3.14. The van der Waals surface area contributed by atoms with Crippen molar-refractivity contribution in [3.05, 3.63) is 0 Å². The minimum atomic E-state index is -0.289. The molecular weight excluding hydrogens is 200 g/mol. The highest BCUT2D eigenvalue weighted by Gasteiger charge is 2.26. The first kappa shape index (κ1) is 13.7. The zero-order valence-corrected chi connectivity index (χ0v) is 9.85. The Labute approximate surface area is 92.4 Å². The van der Waals surface area contributed by atoms with E-state index in [4.69, 9.17) is 5.73 Å². The molecular formula is C10H21ClN2O. The van der Waals surface area contributed by atoms with Gasteiger partial charge in [-0.25, -0.2) is 0 Å². The van der Waals surface area contributed by atoms with E-state index in [1.165, 1.54) is 0 Å². The van der Waals surface area contributed by atoms with E-state index in [1.807, 2.05) is 11.8 Å². The lowest BCUT2D eigenvalue weighted by Gasteiger charge is -2.23. The molecule has 84 valence electrons. The zero-order chi connectivity index (χ0) is 9.84. The molecule has 0 radical (unpaired) electrons. The molecule has 0 aliphatic carbocycles. The number of carbonyl (C=O) groups excluding carboxylic acids is 1. The Bertz CT molecular complexity index is 181. The zero-order valence-electron chi connectivity index (χ0n) is 9.03. The summed E-state index contributed by atoms with van der Waals surface area (Å²) in [5, 5.41) is 0. The first-order chi connectivity index (χ1) is 6.16. The summed E-state index contributed by atoms with van der Waals surface area (Å²) in [7, 11) is 0. The van der Waals surface area contributed by atoms with Gasteiger partial charge in [-0.1, -0.05) is 20.3 Å². The van der Waals surface area contributed by atoms with E-state index in [1.54, 1.807) is 0 Å². The Kier molecular flexibility index (Phi) is 6.12. The lowest BCUT2D eigenvalue weighted by atomic mass is 9.99. The van der Waals surface area contributed by atoms with Gasteiger partial charge in [-0.3, -0.25) is 4.79 Å². The maximum atomic E-state index is 11.7. The van der Waals surface area contributed by atoms with Gasteiger partial charge in [0.15, 0.2) is 0 Å². The van der Waals surface area contributed by atoms with Crippen molar-refractivity contribution in [2.75, 3.05) is 13.1 Å². The Balaban J connectivity index is 0.00000169. The van der Waals surface area contributed by atoms with Crippen LogP contribution in [0.25, 0.3) is 0 Å². The molecule has 0 aromatic rings. The number of carbonyl (C=O) groups is 1. The summed E-state index contributed by atoms with van der Waals surface area (Å²) in [6.07, 6.45) is 3.25. The quantitative estimate of drug-likeness (QED) is 0.782. The van der Waals surface area contributed by atoms with Crippen LogP contribution in [0.3, 0.4) is 0 Å². The number of halogens is 1. The minimum Gasteiger partial charge on any atom is -0.341 e. The fourth-order valence-electron chi connectivity index (χ4n) is 1.65. The second-order valence-corrected chi connectivity index (χ2v) is 3.94. The standard InChI is InChI=1S/C10H20N2O.ClH/c1-3-8(2)9(11)10(13)12-6-4-5-7-12;/h8-9H,3-7,11H2,1-2H3;1H. The van der Waals surface area contributed by atoms with Gasteiger partial charge < -0.3 is 10.6 Å². The minimum absolute atomic E-state index is 0. The average molecular weight is 221 g/mol. The van der Waals surface area contributed by atoms with Crippen LogP contribution in [0, 0.1) is 5.92 Å². The van der Waals surface area contributed by atoms with Crippen LogP contribution in [0.1, 0.15) is 33.1 Å². The fraction of sp³-hybridized carbons (Fsp3) is 0.900. The SMILES string of the molecule is CCC(C)C(N)C(=O)N1CCCC1.Cl. The van der Waals surface area contributed by atoms with Crippen LogP contribution < -0.4 is 5.73 Å². The van der Waals surface area contributed by atoms with Crippen molar-refractivity contribution in [1.29, 1.82) is 0 Å². The van der Waals surface area contributed by atoms with Crippen LogP contribution in [-0.2, 0) is 4.79 Å². The monoisotopic (exact) mass is 220 g/mol. The Morgan fingerprint density at radius 1 is 1.43 bits per heavy atom. The van der Waals surface area contributed by atoms with E-state index >= 15 is 0 Å². The second kappa shape index (κ2) is 6.25. The van der Waals surface area contributed by atoms with Gasteiger partial charge in [0, 0.05) is 13.1 Å². The summed E-state index contributed by atoms with van der Waals surface area (Å²) in [5.74, 6) is 0.444. The summed E-state index contributed by atoms with van der Waals surface area (Å²) in [4.78, 5) is 13.6. The van der Waals surface area contributed by atoms with E-state index in [2.05, 4.69) is 6.92 Å². The Morgan fingerprint density at radius 2 is 1.93 bits per heavy atom. The summed E-state index contributed by atoms with van der Waals surface area (Å²) in [5.41, 5.74) is 5.86. The van der Waals surface area contributed by atoms with Crippen molar-refractivity contribution in [2.24, 2.45) is 11.7 Å². The van der Waals surface area contributed by atoms with Gasteiger partial charge >= 0.3 is 0 Å². The van der Waals surface area contributed by atoms with Crippen molar-refractivity contribution in [2.45, 2.75) is 39.2 Å². The molecule has 0 saturated carbocycles. The predicted molar refractivity (Wildman–Crippen MR) is 60.5 cm³/mol. The fourth-order valence-corrected chi connectivity index (χ4v) is 1.65. The molecule has 2 atom stereocenters. The molecule has 1 rings (SSSR count). The van der Waals surface area contributed by atoms with Crippen molar-refractivity contribution < 1.29 is 4.79 Å². The molecule has 1 aliphatic heterocycles. The predicted octanol–water partition coefficient (Wildman–Crippen LogP) is 1.40. The highest BCUT2D eigenvalue weighted by molar-refractivity contribution is 5.85. The van der Waals surface area contributed by atoms with E-state index in [0.29, 0.717) is 5.92 Å². The topological polar surface area (TPSA) is 46.3 Å². The summed E-state index contributed by atoms with van der Waals surface area (Å²) >= 11 is 0. The number of rotatable bonds is 3. The molecule has 1 heterocycles. The molecule has 2 N–H and O–H groups in total. The van der Waals surface area contributed by atoms with Gasteiger partial charge in [0.05, 0.1) is 6.04 Å². The number of amides is 1. The van der Waals surface area contributed by atoms with Gasteiger partial charge in [0.1, 0.15) is 0 Å².